The fraction of sp³-hybridized carbons (Fsp3) is 0.400. The molecule has 0 bridgehead atoms. The first kappa shape index (κ1) is 19.5. The lowest BCUT2D eigenvalue weighted by Crippen LogP contribution is -2.59. The second-order valence-corrected chi connectivity index (χ2v) is 9.50. The molecular weight excluding hydrogens is 407 g/mol. The number of carbonyl (C=O) groups excluding carboxylic acids is 1. The number of rotatable bonds is 4. The number of pyridine rings is 1. The minimum atomic E-state index is -0.291. The lowest BCUT2D eigenvalue weighted by molar-refractivity contribution is -0.0345. The summed E-state index contributed by atoms with van der Waals surface area (Å²) in [6.45, 7) is 2.91. The second kappa shape index (κ2) is 6.89. The van der Waals surface area contributed by atoms with E-state index in [9.17, 15) is 9.18 Å². The van der Waals surface area contributed by atoms with Gasteiger partial charge < -0.3 is 14.5 Å². The maximum atomic E-state index is 13.8. The number of ether oxygens (including phenoxy) is 1. The van der Waals surface area contributed by atoms with Crippen molar-refractivity contribution in [3.8, 4) is 5.88 Å². The van der Waals surface area contributed by atoms with Crippen LogP contribution >= 0.6 is 0 Å². The average Bonchev–Trinajstić information content (AvgIpc) is 3.43. The number of likely N-dealkylation sites (tertiary alicyclic amines) is 1. The van der Waals surface area contributed by atoms with Crippen LogP contribution in [-0.4, -0.2) is 58.8 Å². The summed E-state index contributed by atoms with van der Waals surface area (Å²) in [5.41, 5.74) is 2.63. The fourth-order valence-corrected chi connectivity index (χ4v) is 5.80. The van der Waals surface area contributed by atoms with Crippen LogP contribution in [0.25, 0.3) is 0 Å². The average molecular weight is 432 g/mol. The number of amidine groups is 1. The van der Waals surface area contributed by atoms with Crippen molar-refractivity contribution >= 4 is 11.7 Å². The van der Waals surface area contributed by atoms with Gasteiger partial charge in [0, 0.05) is 36.8 Å². The van der Waals surface area contributed by atoms with Crippen molar-refractivity contribution in [3.05, 3.63) is 71.3 Å². The number of aryl methyl sites for hydroxylation is 1. The van der Waals surface area contributed by atoms with E-state index < -0.39 is 0 Å². The van der Waals surface area contributed by atoms with Gasteiger partial charge in [-0.15, -0.1) is 0 Å². The summed E-state index contributed by atoms with van der Waals surface area (Å²) in [4.78, 5) is 26.2. The zero-order valence-corrected chi connectivity index (χ0v) is 18.2. The molecule has 1 aromatic heterocycles. The molecule has 1 spiro atoms. The largest absolute Gasteiger partial charge is 0.472 e. The summed E-state index contributed by atoms with van der Waals surface area (Å²) in [7, 11) is 1.79. The van der Waals surface area contributed by atoms with E-state index in [2.05, 4.69) is 9.98 Å². The second-order valence-electron chi connectivity index (χ2n) is 9.50. The number of benzene rings is 1. The van der Waals surface area contributed by atoms with E-state index >= 15 is 0 Å². The molecule has 164 valence electrons. The summed E-state index contributed by atoms with van der Waals surface area (Å²) >= 11 is 0. The molecule has 0 N–H and O–H groups in total. The molecular formula is C25H25FN4O2. The maximum Gasteiger partial charge on any atom is 0.255 e. The number of hydrogen-bond acceptors (Lipinski definition) is 5. The molecule has 2 aliphatic heterocycles. The first-order chi connectivity index (χ1) is 15.5. The molecule has 32 heavy (non-hydrogen) atoms. The number of likely N-dealkylation sites (N-methyl/N-ethyl adjacent to an activating group) is 1. The quantitative estimate of drug-likeness (QED) is 0.741. The minimum Gasteiger partial charge on any atom is -0.472 e. The van der Waals surface area contributed by atoms with E-state index in [-0.39, 0.29) is 35.8 Å². The van der Waals surface area contributed by atoms with E-state index in [1.165, 1.54) is 12.6 Å². The van der Waals surface area contributed by atoms with Crippen LogP contribution in [-0.2, 0) is 0 Å². The molecule has 6 nitrogen and oxygen atoms in total. The predicted octanol–water partition coefficient (Wildman–Crippen LogP) is 3.57. The van der Waals surface area contributed by atoms with Gasteiger partial charge in [0.25, 0.3) is 5.91 Å². The molecule has 1 aromatic carbocycles. The summed E-state index contributed by atoms with van der Waals surface area (Å²) in [5, 5.41) is 0. The van der Waals surface area contributed by atoms with E-state index in [1.54, 1.807) is 18.1 Å². The van der Waals surface area contributed by atoms with Crippen LogP contribution in [0.15, 0.2) is 59.6 Å². The Hall–Kier alpha value is -3.22. The van der Waals surface area contributed by atoms with Crippen LogP contribution in [0, 0.1) is 18.3 Å². The molecule has 0 radical (unpaired) electrons. The van der Waals surface area contributed by atoms with Crippen LogP contribution in [0.1, 0.15) is 34.3 Å². The number of piperidine rings is 1. The lowest BCUT2D eigenvalue weighted by atomic mass is 9.73. The van der Waals surface area contributed by atoms with Gasteiger partial charge in [-0.1, -0.05) is 24.3 Å². The van der Waals surface area contributed by atoms with Crippen molar-refractivity contribution in [1.29, 1.82) is 0 Å². The van der Waals surface area contributed by atoms with Gasteiger partial charge in [0.1, 0.15) is 17.8 Å². The highest BCUT2D eigenvalue weighted by atomic mass is 19.1. The monoisotopic (exact) mass is 432 g/mol. The molecule has 6 rings (SSSR count). The molecule has 2 aromatic rings. The van der Waals surface area contributed by atoms with Crippen molar-refractivity contribution < 1.29 is 13.9 Å². The standard InChI is InChI=1S/C25H25FN4O2/c1-15-7-8-21(27-11-15)32-20-10-25-9-16(25)13-30(22(20)25)24(31)19-6-4-3-5-18(19)23-28-12-17(26)14-29(23)2/h3-8,11-12,16,20,22H,9-10,13-14H2,1-2H3. The van der Waals surface area contributed by atoms with Crippen molar-refractivity contribution in [2.75, 3.05) is 20.1 Å². The summed E-state index contributed by atoms with van der Waals surface area (Å²) in [5.74, 6) is 1.48. The molecule has 4 atom stereocenters. The van der Waals surface area contributed by atoms with E-state index in [0.717, 1.165) is 24.1 Å². The Balaban J connectivity index is 1.28. The van der Waals surface area contributed by atoms with Crippen LogP contribution in [0.5, 0.6) is 5.88 Å². The maximum absolute atomic E-state index is 13.8. The minimum absolute atomic E-state index is 0.00605. The van der Waals surface area contributed by atoms with E-state index in [1.807, 2.05) is 48.2 Å². The van der Waals surface area contributed by atoms with Gasteiger partial charge in [-0.05, 0) is 37.3 Å². The van der Waals surface area contributed by atoms with Gasteiger partial charge in [-0.2, -0.15) is 0 Å². The summed E-state index contributed by atoms with van der Waals surface area (Å²) in [6.07, 6.45) is 5.14. The van der Waals surface area contributed by atoms with E-state index in [4.69, 9.17) is 4.74 Å². The third kappa shape index (κ3) is 2.87. The van der Waals surface area contributed by atoms with Crippen molar-refractivity contribution in [3.63, 3.8) is 0 Å². The zero-order chi connectivity index (χ0) is 22.0. The molecule has 7 heteroatoms. The first-order valence-corrected chi connectivity index (χ1v) is 11.1. The highest BCUT2D eigenvalue weighted by Crippen LogP contribution is 2.71. The molecule has 3 heterocycles. The summed E-state index contributed by atoms with van der Waals surface area (Å²) < 4.78 is 19.9. The zero-order valence-electron chi connectivity index (χ0n) is 18.2. The first-order valence-electron chi connectivity index (χ1n) is 11.1. The Morgan fingerprint density at radius 1 is 1.22 bits per heavy atom. The lowest BCUT2D eigenvalue weighted by Gasteiger charge is -2.47. The number of carbonyl (C=O) groups is 1. The van der Waals surface area contributed by atoms with Crippen LogP contribution in [0.3, 0.4) is 0 Å². The third-order valence-electron chi connectivity index (χ3n) is 7.45. The number of nitrogens with zero attached hydrogens (tertiary/aromatic N) is 4. The van der Waals surface area contributed by atoms with E-state index in [0.29, 0.717) is 23.2 Å². The van der Waals surface area contributed by atoms with Crippen LogP contribution < -0.4 is 4.74 Å². The van der Waals surface area contributed by atoms with Crippen molar-refractivity contribution in [2.24, 2.45) is 16.3 Å². The number of amides is 1. The smallest absolute Gasteiger partial charge is 0.255 e. The van der Waals surface area contributed by atoms with Crippen LogP contribution in [0.2, 0.25) is 0 Å². The third-order valence-corrected chi connectivity index (χ3v) is 7.45. The van der Waals surface area contributed by atoms with Gasteiger partial charge in [0.05, 0.1) is 24.4 Å². The molecule has 1 amide bonds. The van der Waals surface area contributed by atoms with Gasteiger partial charge in [0.2, 0.25) is 5.88 Å². The van der Waals surface area contributed by atoms with Crippen LogP contribution in [0.4, 0.5) is 4.39 Å². The highest BCUT2D eigenvalue weighted by molar-refractivity contribution is 6.10. The molecule has 3 fully saturated rings. The van der Waals surface area contributed by atoms with Gasteiger partial charge >= 0.3 is 0 Å². The number of halogens is 1. The highest BCUT2D eigenvalue weighted by Gasteiger charge is 2.76. The molecule has 4 unspecified atom stereocenters. The SMILES string of the molecule is Cc1ccc(OC2CC34CC3CN(C(=O)c3ccccc3C3=NC=C(F)CN3C)C24)nc1. The van der Waals surface area contributed by atoms with Gasteiger partial charge in [-0.25, -0.2) is 14.4 Å². The molecule has 1 saturated heterocycles. The molecule has 2 saturated carbocycles. The Morgan fingerprint density at radius 3 is 2.84 bits per heavy atom. The molecule has 4 aliphatic rings. The Kier molecular flexibility index (Phi) is 4.19. The topological polar surface area (TPSA) is 58.0 Å². The Morgan fingerprint density at radius 2 is 2.06 bits per heavy atom. The number of hydrogen-bond donors (Lipinski definition) is 0. The molecule has 2 aliphatic carbocycles. The fourth-order valence-electron chi connectivity index (χ4n) is 5.80. The number of aliphatic imine (C=N–C) groups is 1. The van der Waals surface area contributed by atoms with Crippen molar-refractivity contribution in [1.82, 2.24) is 14.8 Å². The van der Waals surface area contributed by atoms with Crippen molar-refractivity contribution in [2.45, 2.75) is 31.9 Å². The summed E-state index contributed by atoms with van der Waals surface area (Å²) in [6, 6.07) is 11.4. The predicted molar refractivity (Wildman–Crippen MR) is 118 cm³/mol. The normalized spacial score (nSPS) is 30.0. The number of aromatic nitrogens is 1. The van der Waals surface area contributed by atoms with Gasteiger partial charge in [0.15, 0.2) is 0 Å². The Labute approximate surface area is 186 Å². The Bertz CT molecular complexity index is 1160. The van der Waals surface area contributed by atoms with Gasteiger partial charge in [-0.3, -0.25) is 4.79 Å².